The van der Waals surface area contributed by atoms with Gasteiger partial charge in [0.2, 0.25) is 8.41 Å². The van der Waals surface area contributed by atoms with Gasteiger partial charge < -0.3 is 18.9 Å². The van der Waals surface area contributed by atoms with E-state index in [0.29, 0.717) is 47.6 Å². The number of carbonyl (C=O) groups is 2. The van der Waals surface area contributed by atoms with Crippen LogP contribution < -0.4 is 9.80 Å². The van der Waals surface area contributed by atoms with Gasteiger partial charge in [0.15, 0.2) is 5.60 Å². The first-order valence-corrected chi connectivity index (χ1v) is 20.3. The maximum Gasteiger partial charge on any atom is 0.269 e. The summed E-state index contributed by atoms with van der Waals surface area (Å²) >= 11 is 0. The lowest BCUT2D eigenvalue weighted by atomic mass is 9.82. The van der Waals surface area contributed by atoms with Crippen molar-refractivity contribution >= 4 is 53.7 Å². The zero-order valence-corrected chi connectivity index (χ0v) is 29.9. The summed E-state index contributed by atoms with van der Waals surface area (Å²) in [5, 5.41) is 31.4. The monoisotopic (exact) mass is 720 g/mol. The number of aliphatic hydroxyl groups excluding tert-OH is 1. The third-order valence-electron chi connectivity index (χ3n) is 10.8. The summed E-state index contributed by atoms with van der Waals surface area (Å²) in [7, 11) is -3.48. The number of carbonyl (C=O) groups excluding carboxylic acids is 2. The molecule has 2 amide bonds. The van der Waals surface area contributed by atoms with Crippen molar-refractivity contribution in [2.75, 3.05) is 16.4 Å². The highest BCUT2D eigenvalue weighted by Gasteiger charge is 2.67. The molecule has 5 aromatic rings. The summed E-state index contributed by atoms with van der Waals surface area (Å²) < 4.78 is 24.7. The predicted molar refractivity (Wildman–Crippen MR) is 195 cm³/mol. The molecule has 1 spiro atoms. The van der Waals surface area contributed by atoms with Crippen LogP contribution in [0.3, 0.4) is 0 Å². The SMILES string of the molecule is C[C@@H]1[C@@H]([Si](C)(C)F)[C@H](CCn2cc(CCO)nn2)O[C@@]12C(=O)N(Cc1ccc(N3C(=O)c4cccc5cccc3c45)cc1)c1ccc([N+](=O)[O-])cc12. The second kappa shape index (κ2) is 12.4. The number of rotatable bonds is 10. The molecule has 1 fully saturated rings. The molecule has 1 N–H and O–H groups in total. The van der Waals surface area contributed by atoms with Crippen LogP contribution in [0.25, 0.3) is 10.8 Å². The minimum Gasteiger partial charge on any atom is -0.396 e. The van der Waals surface area contributed by atoms with E-state index >= 15 is 4.11 Å². The molecule has 4 aromatic carbocycles. The van der Waals surface area contributed by atoms with E-state index in [1.54, 1.807) is 39.8 Å². The fourth-order valence-corrected chi connectivity index (χ4v) is 11.2. The highest BCUT2D eigenvalue weighted by molar-refractivity contribution is 6.72. The quantitative estimate of drug-likeness (QED) is 0.0738. The number of anilines is 3. The van der Waals surface area contributed by atoms with Crippen molar-refractivity contribution in [1.29, 1.82) is 0 Å². The van der Waals surface area contributed by atoms with E-state index in [1.807, 2.05) is 67.6 Å². The van der Waals surface area contributed by atoms with E-state index in [-0.39, 0.29) is 24.7 Å². The number of nitro benzene ring substituents is 1. The molecule has 0 bridgehead atoms. The molecular formula is C38H37FN6O6Si. The van der Waals surface area contributed by atoms with Crippen LogP contribution in [0.2, 0.25) is 18.6 Å². The number of non-ortho nitro benzene ring substituents is 1. The smallest absolute Gasteiger partial charge is 0.269 e. The number of aliphatic hydroxyl groups is 1. The van der Waals surface area contributed by atoms with Crippen LogP contribution >= 0.6 is 0 Å². The first-order chi connectivity index (χ1) is 24.9. The largest absolute Gasteiger partial charge is 0.396 e. The Kier molecular flexibility index (Phi) is 8.08. The third kappa shape index (κ3) is 5.23. The molecule has 52 heavy (non-hydrogen) atoms. The summed E-state index contributed by atoms with van der Waals surface area (Å²) in [4.78, 5) is 43.1. The van der Waals surface area contributed by atoms with Crippen molar-refractivity contribution in [3.63, 3.8) is 0 Å². The Hall–Kier alpha value is -5.31. The van der Waals surface area contributed by atoms with Crippen LogP contribution in [0.1, 0.15) is 40.5 Å². The molecule has 8 rings (SSSR count). The molecule has 0 aliphatic carbocycles. The maximum atomic E-state index is 16.3. The van der Waals surface area contributed by atoms with Crippen LogP contribution in [0.4, 0.5) is 26.9 Å². The Morgan fingerprint density at radius 3 is 2.50 bits per heavy atom. The van der Waals surface area contributed by atoms with E-state index in [2.05, 4.69) is 10.3 Å². The van der Waals surface area contributed by atoms with Crippen LogP contribution in [0.15, 0.2) is 85.1 Å². The molecule has 266 valence electrons. The van der Waals surface area contributed by atoms with E-state index in [9.17, 15) is 24.8 Å². The number of nitro groups is 1. The molecule has 1 saturated heterocycles. The van der Waals surface area contributed by atoms with Gasteiger partial charge in [0, 0.05) is 66.0 Å². The third-order valence-corrected chi connectivity index (χ3v) is 13.3. The van der Waals surface area contributed by atoms with Gasteiger partial charge in [0.25, 0.3) is 17.5 Å². The number of hydrogen-bond donors (Lipinski definition) is 1. The van der Waals surface area contributed by atoms with Gasteiger partial charge in [-0.25, -0.2) is 0 Å². The van der Waals surface area contributed by atoms with Gasteiger partial charge >= 0.3 is 0 Å². The van der Waals surface area contributed by atoms with E-state index < -0.39 is 42.4 Å². The second-order valence-corrected chi connectivity index (χ2v) is 18.1. The number of aryl methyl sites for hydroxylation is 1. The van der Waals surface area contributed by atoms with Crippen LogP contribution in [-0.4, -0.2) is 58.0 Å². The summed E-state index contributed by atoms with van der Waals surface area (Å²) in [6.45, 7) is 5.44. The average molecular weight is 721 g/mol. The number of ether oxygens (including phenoxy) is 1. The maximum absolute atomic E-state index is 16.3. The van der Waals surface area contributed by atoms with Crippen LogP contribution in [0.5, 0.6) is 0 Å². The molecule has 3 aliphatic heterocycles. The standard InChI is InChI=1S/C38H37FN6O6Si/c1-23-35(52(2,3)39)33(16-18-42-22-26(17-19-46)40-41-42)51-38(23)30-20-28(45(49)50)14-15-31(30)43(37(38)48)21-24-10-12-27(13-11-24)44-32-9-5-7-25-6-4-8-29(34(25)32)36(44)47/h4-15,20,22-23,33,35,46H,16-19,21H2,1-3H3/t23-,33+,35-,38+/m1/s1. The summed E-state index contributed by atoms with van der Waals surface area (Å²) in [6.07, 6.45) is 1.75. The number of amides is 2. The van der Waals surface area contributed by atoms with Crippen molar-refractivity contribution < 1.29 is 28.5 Å². The minimum atomic E-state index is -3.48. The molecule has 12 nitrogen and oxygen atoms in total. The van der Waals surface area contributed by atoms with E-state index in [0.717, 1.165) is 22.0 Å². The molecule has 1 aromatic heterocycles. The molecule has 0 unspecified atom stereocenters. The van der Waals surface area contributed by atoms with Crippen molar-refractivity contribution in [3.05, 3.63) is 118 Å². The number of fused-ring (bicyclic) bond motifs is 2. The van der Waals surface area contributed by atoms with Gasteiger partial charge in [-0.05, 0) is 60.8 Å². The fraction of sp³-hybridized carbons (Fsp3) is 0.316. The predicted octanol–water partition coefficient (Wildman–Crippen LogP) is 6.58. The molecular weight excluding hydrogens is 684 g/mol. The number of halogens is 1. The Morgan fingerprint density at radius 2 is 1.79 bits per heavy atom. The summed E-state index contributed by atoms with van der Waals surface area (Å²) in [5.41, 5.74) is 1.95. The number of nitrogens with zero attached hydrogens (tertiary/aromatic N) is 6. The summed E-state index contributed by atoms with van der Waals surface area (Å²) in [6, 6.07) is 23.3. The van der Waals surface area contributed by atoms with Gasteiger partial charge in [0.1, 0.15) is 0 Å². The highest BCUT2D eigenvalue weighted by atomic mass is 28.4. The zero-order chi connectivity index (χ0) is 36.5. The Morgan fingerprint density at radius 1 is 1.04 bits per heavy atom. The van der Waals surface area contributed by atoms with Gasteiger partial charge in [-0.15, -0.1) is 5.10 Å². The van der Waals surface area contributed by atoms with Gasteiger partial charge in [-0.3, -0.25) is 29.3 Å². The molecule has 0 saturated carbocycles. The number of aromatic nitrogens is 3. The minimum absolute atomic E-state index is 0.0633. The molecule has 4 atom stereocenters. The number of benzene rings is 4. The second-order valence-electron chi connectivity index (χ2n) is 14.3. The molecule has 0 radical (unpaired) electrons. The van der Waals surface area contributed by atoms with Crippen molar-refractivity contribution in [1.82, 2.24) is 15.0 Å². The lowest BCUT2D eigenvalue weighted by Gasteiger charge is -2.31. The first kappa shape index (κ1) is 33.8. The van der Waals surface area contributed by atoms with Gasteiger partial charge in [-0.2, -0.15) is 0 Å². The van der Waals surface area contributed by atoms with Crippen molar-refractivity contribution in [3.8, 4) is 0 Å². The lowest BCUT2D eigenvalue weighted by molar-refractivity contribution is -0.385. The van der Waals surface area contributed by atoms with E-state index in [1.165, 1.54) is 12.1 Å². The average Bonchev–Trinajstić information content (AvgIpc) is 3.84. The lowest BCUT2D eigenvalue weighted by Crippen LogP contribution is -2.45. The Bertz CT molecular complexity index is 2250. The van der Waals surface area contributed by atoms with Crippen LogP contribution in [-0.2, 0) is 34.6 Å². The normalized spacial score (nSPS) is 22.3. The zero-order valence-electron chi connectivity index (χ0n) is 28.9. The van der Waals surface area contributed by atoms with Gasteiger partial charge in [0.05, 0.1) is 40.2 Å². The van der Waals surface area contributed by atoms with Crippen molar-refractivity contribution in [2.45, 2.75) is 63.2 Å². The Balaban J connectivity index is 1.11. The highest BCUT2D eigenvalue weighted by Crippen LogP contribution is 2.60. The molecule has 14 heteroatoms. The molecule has 4 heterocycles. The fourth-order valence-electron chi connectivity index (χ4n) is 8.62. The van der Waals surface area contributed by atoms with Crippen molar-refractivity contribution in [2.24, 2.45) is 5.92 Å². The molecule has 3 aliphatic rings. The van der Waals surface area contributed by atoms with Gasteiger partial charge in [-0.1, -0.05) is 48.5 Å². The topological polar surface area (TPSA) is 144 Å². The Labute approximate surface area is 299 Å². The van der Waals surface area contributed by atoms with E-state index in [4.69, 9.17) is 4.74 Å². The first-order valence-electron chi connectivity index (χ1n) is 17.3. The number of hydrogen-bond acceptors (Lipinski definition) is 8. The van der Waals surface area contributed by atoms with Crippen LogP contribution in [0, 0.1) is 16.0 Å². The summed E-state index contributed by atoms with van der Waals surface area (Å²) in [5.74, 6) is -1.14.